The zero-order valence-corrected chi connectivity index (χ0v) is 14.6. The van der Waals surface area contributed by atoms with Crippen LogP contribution >= 0.6 is 0 Å². The third-order valence-electron chi connectivity index (χ3n) is 3.87. The molecule has 4 nitrogen and oxygen atoms in total. The van der Waals surface area contributed by atoms with Gasteiger partial charge in [0.25, 0.3) is 0 Å². The predicted octanol–water partition coefficient (Wildman–Crippen LogP) is 4.63. The van der Waals surface area contributed by atoms with Crippen molar-refractivity contribution in [2.75, 3.05) is 7.11 Å². The zero-order valence-electron chi connectivity index (χ0n) is 14.6. The summed E-state index contributed by atoms with van der Waals surface area (Å²) in [4.78, 5) is 12.1. The highest BCUT2D eigenvalue weighted by molar-refractivity contribution is 5.89. The first kappa shape index (κ1) is 17.5. The van der Waals surface area contributed by atoms with Gasteiger partial charge >= 0.3 is 5.97 Å². The maximum Gasteiger partial charge on any atom is 0.338 e. The average molecular weight is 348 g/mol. The minimum Gasteiger partial charge on any atom is -0.493 e. The zero-order chi connectivity index (χ0) is 18.2. The van der Waals surface area contributed by atoms with Crippen LogP contribution in [0.25, 0.3) is 0 Å². The van der Waals surface area contributed by atoms with Gasteiger partial charge in [-0.15, -0.1) is 0 Å². The van der Waals surface area contributed by atoms with Crippen LogP contribution in [0.2, 0.25) is 0 Å². The molecule has 0 heterocycles. The number of hydrogen-bond acceptors (Lipinski definition) is 4. The minimum absolute atomic E-state index is 0.262. The van der Waals surface area contributed by atoms with Crippen molar-refractivity contribution >= 4 is 5.97 Å². The van der Waals surface area contributed by atoms with Crippen molar-refractivity contribution in [2.45, 2.75) is 13.2 Å². The Bertz CT molecular complexity index is 842. The molecule has 0 aliphatic heterocycles. The number of methoxy groups -OCH3 is 1. The third-order valence-corrected chi connectivity index (χ3v) is 3.87. The van der Waals surface area contributed by atoms with Gasteiger partial charge in [0.2, 0.25) is 0 Å². The Balaban J connectivity index is 1.55. The van der Waals surface area contributed by atoms with Crippen LogP contribution < -0.4 is 9.47 Å². The van der Waals surface area contributed by atoms with Gasteiger partial charge in [0.1, 0.15) is 13.2 Å². The van der Waals surface area contributed by atoms with E-state index in [9.17, 15) is 4.79 Å². The number of para-hydroxylation sites is 2. The Labute approximate surface area is 153 Å². The van der Waals surface area contributed by atoms with Crippen molar-refractivity contribution in [1.82, 2.24) is 0 Å². The molecule has 3 aromatic carbocycles. The first-order chi connectivity index (χ1) is 12.8. The van der Waals surface area contributed by atoms with Gasteiger partial charge in [0.05, 0.1) is 12.7 Å². The lowest BCUT2D eigenvalue weighted by Gasteiger charge is -2.10. The number of rotatable bonds is 7. The average Bonchev–Trinajstić information content (AvgIpc) is 2.72. The summed E-state index contributed by atoms with van der Waals surface area (Å²) in [7, 11) is 1.61. The number of carbonyl (C=O) groups is 1. The second kappa shape index (κ2) is 8.72. The molecule has 0 spiro atoms. The van der Waals surface area contributed by atoms with Crippen molar-refractivity contribution < 1.29 is 19.0 Å². The highest BCUT2D eigenvalue weighted by Crippen LogP contribution is 2.26. The first-order valence-corrected chi connectivity index (χ1v) is 8.32. The van der Waals surface area contributed by atoms with Crippen molar-refractivity contribution in [3.63, 3.8) is 0 Å². The van der Waals surface area contributed by atoms with Gasteiger partial charge < -0.3 is 14.2 Å². The lowest BCUT2D eigenvalue weighted by Crippen LogP contribution is -2.05. The molecule has 26 heavy (non-hydrogen) atoms. The summed E-state index contributed by atoms with van der Waals surface area (Å²) >= 11 is 0. The summed E-state index contributed by atoms with van der Waals surface area (Å²) in [6.45, 7) is 0.651. The van der Waals surface area contributed by atoms with Crippen molar-refractivity contribution in [1.29, 1.82) is 0 Å². The molecule has 3 rings (SSSR count). The van der Waals surface area contributed by atoms with Gasteiger partial charge in [0.15, 0.2) is 11.5 Å². The Morgan fingerprint density at radius 2 is 1.35 bits per heavy atom. The molecule has 0 saturated heterocycles. The van der Waals surface area contributed by atoms with Crippen LogP contribution in [-0.2, 0) is 18.0 Å². The number of carbonyl (C=O) groups excluding carboxylic acids is 1. The van der Waals surface area contributed by atoms with Crippen LogP contribution in [0.15, 0.2) is 78.9 Å². The normalized spacial score (nSPS) is 10.2. The quantitative estimate of drug-likeness (QED) is 0.584. The number of benzene rings is 3. The van der Waals surface area contributed by atoms with Gasteiger partial charge in [-0.25, -0.2) is 4.79 Å². The lowest BCUT2D eigenvalue weighted by atomic mass is 10.1. The largest absolute Gasteiger partial charge is 0.493 e. The molecule has 0 aliphatic carbocycles. The molecule has 0 amide bonds. The Morgan fingerprint density at radius 1 is 0.731 bits per heavy atom. The fourth-order valence-corrected chi connectivity index (χ4v) is 2.44. The third kappa shape index (κ3) is 4.63. The topological polar surface area (TPSA) is 44.8 Å². The fraction of sp³-hybridized carbons (Fsp3) is 0.136. The van der Waals surface area contributed by atoms with E-state index in [0.717, 1.165) is 11.1 Å². The molecule has 0 aromatic heterocycles. The molecule has 3 aromatic rings. The summed E-state index contributed by atoms with van der Waals surface area (Å²) in [6, 6.07) is 24.3. The lowest BCUT2D eigenvalue weighted by molar-refractivity contribution is 0.0472. The van der Waals surface area contributed by atoms with E-state index in [-0.39, 0.29) is 12.6 Å². The number of esters is 1. The van der Waals surface area contributed by atoms with Crippen LogP contribution in [0.1, 0.15) is 21.5 Å². The maximum absolute atomic E-state index is 12.1. The molecule has 0 atom stereocenters. The van der Waals surface area contributed by atoms with Crippen molar-refractivity contribution in [2.24, 2.45) is 0 Å². The highest BCUT2D eigenvalue weighted by Gasteiger charge is 2.08. The van der Waals surface area contributed by atoms with E-state index in [1.165, 1.54) is 0 Å². The number of ether oxygens (including phenoxy) is 3. The van der Waals surface area contributed by atoms with Gasteiger partial charge in [-0.1, -0.05) is 54.6 Å². The van der Waals surface area contributed by atoms with Crippen molar-refractivity contribution in [3.05, 3.63) is 95.6 Å². The molecule has 0 aliphatic rings. The Kier molecular flexibility index (Phi) is 5.88. The second-order valence-corrected chi connectivity index (χ2v) is 5.70. The van der Waals surface area contributed by atoms with Crippen LogP contribution in [0.5, 0.6) is 11.5 Å². The van der Waals surface area contributed by atoms with E-state index in [1.807, 2.05) is 66.7 Å². The monoisotopic (exact) mass is 348 g/mol. The molecule has 0 radical (unpaired) electrons. The van der Waals surface area contributed by atoms with Crippen LogP contribution in [0.4, 0.5) is 0 Å². The van der Waals surface area contributed by atoms with Gasteiger partial charge in [-0.2, -0.15) is 0 Å². The van der Waals surface area contributed by atoms with Gasteiger partial charge in [-0.05, 0) is 35.4 Å². The number of hydrogen-bond donors (Lipinski definition) is 0. The van der Waals surface area contributed by atoms with E-state index in [0.29, 0.717) is 23.7 Å². The highest BCUT2D eigenvalue weighted by atomic mass is 16.5. The summed E-state index contributed by atoms with van der Waals surface area (Å²) < 4.78 is 16.4. The van der Waals surface area contributed by atoms with Crippen LogP contribution in [0.3, 0.4) is 0 Å². The van der Waals surface area contributed by atoms with Crippen LogP contribution in [0, 0.1) is 0 Å². The van der Waals surface area contributed by atoms with E-state index >= 15 is 0 Å². The van der Waals surface area contributed by atoms with Crippen LogP contribution in [-0.4, -0.2) is 13.1 Å². The molecule has 0 unspecified atom stereocenters. The Hall–Kier alpha value is -3.27. The van der Waals surface area contributed by atoms with E-state index in [2.05, 4.69) is 0 Å². The van der Waals surface area contributed by atoms with E-state index in [1.54, 1.807) is 19.2 Å². The fourth-order valence-electron chi connectivity index (χ4n) is 2.44. The minimum atomic E-state index is -0.342. The summed E-state index contributed by atoms with van der Waals surface area (Å²) in [5.74, 6) is 1.03. The molecular weight excluding hydrogens is 328 g/mol. The molecule has 0 fully saturated rings. The smallest absolute Gasteiger partial charge is 0.338 e. The predicted molar refractivity (Wildman–Crippen MR) is 99.3 cm³/mol. The Morgan fingerprint density at radius 3 is 2.04 bits per heavy atom. The molecule has 0 bridgehead atoms. The van der Waals surface area contributed by atoms with Gasteiger partial charge in [0, 0.05) is 0 Å². The SMILES string of the molecule is COc1ccccc1OCc1ccc(C(=O)OCc2ccccc2)cc1. The van der Waals surface area contributed by atoms with Gasteiger partial charge in [-0.3, -0.25) is 0 Å². The molecule has 0 N–H and O–H groups in total. The summed E-state index contributed by atoms with van der Waals surface area (Å²) in [5.41, 5.74) is 2.43. The second-order valence-electron chi connectivity index (χ2n) is 5.70. The summed E-state index contributed by atoms with van der Waals surface area (Å²) in [5, 5.41) is 0. The standard InChI is InChI=1S/C22H20O4/c1-24-20-9-5-6-10-21(20)25-15-18-11-13-19(14-12-18)22(23)26-16-17-7-3-2-4-8-17/h2-14H,15-16H2,1H3. The maximum atomic E-state index is 12.1. The molecule has 4 heteroatoms. The van der Waals surface area contributed by atoms with Crippen molar-refractivity contribution in [3.8, 4) is 11.5 Å². The summed E-state index contributed by atoms with van der Waals surface area (Å²) in [6.07, 6.45) is 0. The molecular formula is C22H20O4. The van der Waals surface area contributed by atoms with E-state index in [4.69, 9.17) is 14.2 Å². The molecule has 0 saturated carbocycles. The molecule has 132 valence electrons. The first-order valence-electron chi connectivity index (χ1n) is 8.32. The van der Waals surface area contributed by atoms with E-state index < -0.39 is 0 Å².